The number of rotatable bonds is 3. The Labute approximate surface area is 175 Å². The number of carbonyl (C=O) groups excluding carboxylic acids is 1. The van der Waals surface area contributed by atoms with Crippen molar-refractivity contribution >= 4 is 17.4 Å². The lowest BCUT2D eigenvalue weighted by molar-refractivity contribution is -0.378. The molecule has 1 aromatic carbocycles. The van der Waals surface area contributed by atoms with Crippen molar-refractivity contribution in [1.29, 1.82) is 0 Å². The molecule has 0 saturated heterocycles. The third kappa shape index (κ3) is 2.78. The number of hydrogen-bond donors (Lipinski definition) is 0. The summed E-state index contributed by atoms with van der Waals surface area (Å²) in [5, 5.41) is 12.9. The Kier molecular flexibility index (Phi) is 4.64. The van der Waals surface area contributed by atoms with Gasteiger partial charge in [0.15, 0.2) is 0 Å². The SMILES string of the molecule is CCOC(=O)C(=c1ccc2c(c1)N1C3=C(CCCC3)CC3CCCCC31N=2)[N+](=O)[O-]. The van der Waals surface area contributed by atoms with Crippen molar-refractivity contribution in [2.24, 2.45) is 10.9 Å². The summed E-state index contributed by atoms with van der Waals surface area (Å²) in [5.41, 5.74) is 3.07. The summed E-state index contributed by atoms with van der Waals surface area (Å²) >= 11 is 0. The van der Waals surface area contributed by atoms with Crippen LogP contribution in [0, 0.1) is 16.0 Å². The maximum Gasteiger partial charge on any atom is 0.410 e. The average molecular weight is 409 g/mol. The molecule has 7 nitrogen and oxygen atoms in total. The number of anilines is 1. The first-order chi connectivity index (χ1) is 14.5. The Bertz CT molecular complexity index is 1080. The molecule has 0 aromatic heterocycles. The van der Waals surface area contributed by atoms with Gasteiger partial charge in [-0.3, -0.25) is 15.1 Å². The fraction of sp³-hybridized carbons (Fsp3) is 0.565. The summed E-state index contributed by atoms with van der Waals surface area (Å²) < 4.78 is 4.95. The van der Waals surface area contributed by atoms with Crippen LogP contribution in [0.3, 0.4) is 0 Å². The van der Waals surface area contributed by atoms with Crippen LogP contribution in [0.5, 0.6) is 0 Å². The van der Waals surface area contributed by atoms with E-state index in [0.29, 0.717) is 11.1 Å². The van der Waals surface area contributed by atoms with Gasteiger partial charge < -0.3 is 9.64 Å². The second-order valence-corrected chi connectivity index (χ2v) is 8.76. The molecule has 1 saturated carbocycles. The lowest BCUT2D eigenvalue weighted by Crippen LogP contribution is -2.55. The number of nitro groups is 1. The number of fused-ring (bicyclic) bond motifs is 3. The van der Waals surface area contributed by atoms with Crippen LogP contribution in [0.4, 0.5) is 5.69 Å². The summed E-state index contributed by atoms with van der Waals surface area (Å²) in [6, 6.07) is 5.27. The van der Waals surface area contributed by atoms with Crippen LogP contribution in [0.1, 0.15) is 64.7 Å². The molecule has 0 bridgehead atoms. The maximum absolute atomic E-state index is 12.3. The third-order valence-corrected chi connectivity index (χ3v) is 7.16. The first-order valence-corrected chi connectivity index (χ1v) is 11.1. The molecule has 2 aliphatic heterocycles. The molecule has 5 rings (SSSR count). The van der Waals surface area contributed by atoms with Gasteiger partial charge in [-0.15, -0.1) is 0 Å². The Hall–Kier alpha value is -2.70. The lowest BCUT2D eigenvalue weighted by atomic mass is 9.70. The molecule has 0 amide bonds. The van der Waals surface area contributed by atoms with Crippen LogP contribution in [0.2, 0.25) is 0 Å². The van der Waals surface area contributed by atoms with E-state index < -0.39 is 16.6 Å². The van der Waals surface area contributed by atoms with Gasteiger partial charge >= 0.3 is 11.7 Å². The van der Waals surface area contributed by atoms with Crippen molar-refractivity contribution in [3.05, 3.63) is 50.2 Å². The number of carbonyl (C=O) groups is 1. The van der Waals surface area contributed by atoms with E-state index in [4.69, 9.17) is 9.73 Å². The minimum absolute atomic E-state index is 0.101. The molecule has 0 N–H and O–H groups in total. The topological polar surface area (TPSA) is 85.0 Å². The van der Waals surface area contributed by atoms with E-state index in [2.05, 4.69) is 4.90 Å². The molecule has 30 heavy (non-hydrogen) atoms. The van der Waals surface area contributed by atoms with Gasteiger partial charge in [0.05, 0.1) is 27.8 Å². The van der Waals surface area contributed by atoms with E-state index >= 15 is 0 Å². The van der Waals surface area contributed by atoms with Crippen molar-refractivity contribution < 1.29 is 14.5 Å². The third-order valence-electron chi connectivity index (χ3n) is 7.16. The van der Waals surface area contributed by atoms with Crippen LogP contribution in [0.15, 0.2) is 34.5 Å². The minimum Gasteiger partial charge on any atom is -0.458 e. The molecule has 1 spiro atoms. The van der Waals surface area contributed by atoms with Crippen molar-refractivity contribution in [3.63, 3.8) is 0 Å². The highest BCUT2D eigenvalue weighted by Crippen LogP contribution is 2.53. The fourth-order valence-corrected chi connectivity index (χ4v) is 5.95. The summed E-state index contributed by atoms with van der Waals surface area (Å²) in [7, 11) is 0. The van der Waals surface area contributed by atoms with E-state index in [1.54, 1.807) is 24.6 Å². The van der Waals surface area contributed by atoms with Crippen LogP contribution in [-0.4, -0.2) is 23.2 Å². The van der Waals surface area contributed by atoms with Crippen LogP contribution < -0.4 is 15.5 Å². The molecular weight excluding hydrogens is 382 g/mol. The highest BCUT2D eigenvalue weighted by atomic mass is 16.6. The molecular formula is C23H27N3O4. The standard InChI is InChI=1S/C23H27N3O4/c1-2-30-22(27)21(26(28)29)16-10-11-18-20(14-16)25-19-9-4-3-7-15(19)13-17-8-5-6-12-23(17,25)24-18/h10-11,14,17H,2-9,12-13H2,1H3. The fourth-order valence-electron chi connectivity index (χ4n) is 5.95. The Morgan fingerprint density at radius 1 is 1.30 bits per heavy atom. The molecule has 4 aliphatic rings. The van der Waals surface area contributed by atoms with Crippen LogP contribution >= 0.6 is 0 Å². The van der Waals surface area contributed by atoms with E-state index in [0.717, 1.165) is 43.1 Å². The Balaban J connectivity index is 1.72. The minimum atomic E-state index is -0.890. The van der Waals surface area contributed by atoms with Gasteiger partial charge in [-0.05, 0) is 76.5 Å². The molecule has 158 valence electrons. The van der Waals surface area contributed by atoms with Gasteiger partial charge in [0.25, 0.3) is 0 Å². The molecule has 2 aliphatic carbocycles. The second-order valence-electron chi connectivity index (χ2n) is 8.76. The largest absolute Gasteiger partial charge is 0.458 e. The van der Waals surface area contributed by atoms with Gasteiger partial charge in [-0.1, -0.05) is 12.0 Å². The molecule has 1 aromatic rings. The number of ether oxygens (including phenoxy) is 1. The zero-order valence-corrected chi connectivity index (χ0v) is 17.4. The van der Waals surface area contributed by atoms with E-state index in [9.17, 15) is 14.9 Å². The number of hydrogen-bond acceptors (Lipinski definition) is 6. The average Bonchev–Trinajstić information content (AvgIpc) is 3.06. The first kappa shape index (κ1) is 19.3. The zero-order valence-electron chi connectivity index (χ0n) is 17.4. The summed E-state index contributed by atoms with van der Waals surface area (Å²) in [6.07, 6.45) is 10.3. The van der Waals surface area contributed by atoms with Gasteiger partial charge in [0.2, 0.25) is 0 Å². The summed E-state index contributed by atoms with van der Waals surface area (Å²) in [5.74, 6) is -0.401. The van der Waals surface area contributed by atoms with Gasteiger partial charge in [0.1, 0.15) is 5.66 Å². The van der Waals surface area contributed by atoms with Crippen molar-refractivity contribution in [2.45, 2.75) is 70.4 Å². The predicted molar refractivity (Wildman–Crippen MR) is 112 cm³/mol. The van der Waals surface area contributed by atoms with Crippen molar-refractivity contribution in [2.75, 3.05) is 11.5 Å². The first-order valence-electron chi connectivity index (χ1n) is 11.1. The summed E-state index contributed by atoms with van der Waals surface area (Å²) in [6.45, 7) is 1.75. The van der Waals surface area contributed by atoms with Crippen molar-refractivity contribution in [3.8, 4) is 0 Å². The highest BCUT2D eigenvalue weighted by molar-refractivity contribution is 6.05. The quantitative estimate of drug-likeness (QED) is 0.435. The normalized spacial score (nSPS) is 27.9. The predicted octanol–water partition coefficient (Wildman–Crippen LogP) is 3.19. The molecule has 0 radical (unpaired) electrons. The Morgan fingerprint density at radius 3 is 2.93 bits per heavy atom. The molecule has 2 unspecified atom stereocenters. The maximum atomic E-state index is 12.3. The van der Waals surface area contributed by atoms with Crippen molar-refractivity contribution in [1.82, 2.24) is 0 Å². The van der Waals surface area contributed by atoms with E-state index in [1.165, 1.54) is 31.4 Å². The van der Waals surface area contributed by atoms with Gasteiger partial charge in [-0.25, -0.2) is 4.79 Å². The monoisotopic (exact) mass is 409 g/mol. The second kappa shape index (κ2) is 7.22. The van der Waals surface area contributed by atoms with Crippen LogP contribution in [-0.2, 0) is 9.53 Å². The van der Waals surface area contributed by atoms with Gasteiger partial charge in [0, 0.05) is 11.6 Å². The van der Waals surface area contributed by atoms with Crippen LogP contribution in [0.25, 0.3) is 5.70 Å². The van der Waals surface area contributed by atoms with E-state index in [1.807, 2.05) is 6.07 Å². The highest BCUT2D eigenvalue weighted by Gasteiger charge is 2.53. The molecule has 2 atom stereocenters. The van der Waals surface area contributed by atoms with Gasteiger partial charge in [-0.2, -0.15) is 0 Å². The number of benzene rings is 1. The Morgan fingerprint density at radius 2 is 2.13 bits per heavy atom. The number of allylic oxidation sites excluding steroid dienone is 2. The molecule has 2 heterocycles. The number of nitrogens with zero attached hydrogens (tertiary/aromatic N) is 3. The van der Waals surface area contributed by atoms with E-state index in [-0.39, 0.29) is 12.3 Å². The number of esters is 1. The smallest absolute Gasteiger partial charge is 0.410 e. The lowest BCUT2D eigenvalue weighted by Gasteiger charge is -2.52. The summed E-state index contributed by atoms with van der Waals surface area (Å²) in [4.78, 5) is 31.0. The molecule has 7 heteroatoms. The molecule has 1 fully saturated rings. The zero-order chi connectivity index (χ0) is 20.9.